The smallest absolute Gasteiger partial charge is 0.251 e. The van der Waals surface area contributed by atoms with Crippen molar-refractivity contribution in [2.75, 3.05) is 18.1 Å². The third-order valence-electron chi connectivity index (χ3n) is 4.78. The zero-order valence-corrected chi connectivity index (χ0v) is 13.8. The summed E-state index contributed by atoms with van der Waals surface area (Å²) in [6.07, 6.45) is 3.69. The van der Waals surface area contributed by atoms with Gasteiger partial charge in [-0.3, -0.25) is 14.5 Å². The number of hydrogen-bond donors (Lipinski definition) is 0. The van der Waals surface area contributed by atoms with Crippen LogP contribution >= 0.6 is 0 Å². The third-order valence-corrected chi connectivity index (χ3v) is 4.78. The molecule has 0 aliphatic carbocycles. The van der Waals surface area contributed by atoms with Gasteiger partial charge in [0, 0.05) is 6.04 Å². The maximum atomic E-state index is 12.8. The molecule has 5 heteroatoms. The molecule has 1 aromatic carbocycles. The van der Waals surface area contributed by atoms with Crippen LogP contribution < -0.4 is 9.64 Å². The van der Waals surface area contributed by atoms with Gasteiger partial charge in [-0.1, -0.05) is 6.42 Å². The first-order valence-corrected chi connectivity index (χ1v) is 8.47. The molecular weight excluding hydrogens is 292 g/mol. The lowest BCUT2D eigenvalue weighted by Gasteiger charge is -2.36. The van der Waals surface area contributed by atoms with Gasteiger partial charge in [0.05, 0.1) is 24.8 Å². The SMILES string of the molecule is CCOc1ccc(N2C(=O)C[C@@H](N3CCCC[C@H]3C)C2=O)cc1. The van der Waals surface area contributed by atoms with Crippen molar-refractivity contribution in [3.63, 3.8) is 0 Å². The molecule has 5 nitrogen and oxygen atoms in total. The fraction of sp³-hybridized carbons (Fsp3) is 0.556. The van der Waals surface area contributed by atoms with E-state index in [1.807, 2.05) is 6.92 Å². The van der Waals surface area contributed by atoms with Crippen LogP contribution in [0.1, 0.15) is 39.5 Å². The zero-order chi connectivity index (χ0) is 16.4. The van der Waals surface area contributed by atoms with Crippen LogP contribution in [0.5, 0.6) is 5.75 Å². The fourth-order valence-corrected chi connectivity index (χ4v) is 3.59. The molecule has 2 atom stereocenters. The summed E-state index contributed by atoms with van der Waals surface area (Å²) in [5.74, 6) is 0.548. The highest BCUT2D eigenvalue weighted by molar-refractivity contribution is 6.22. The molecule has 2 heterocycles. The van der Waals surface area contributed by atoms with Crippen LogP contribution in [0.25, 0.3) is 0 Å². The Balaban J connectivity index is 1.78. The topological polar surface area (TPSA) is 49.9 Å². The molecule has 0 spiro atoms. The number of benzene rings is 1. The summed E-state index contributed by atoms with van der Waals surface area (Å²) < 4.78 is 5.41. The molecule has 0 saturated carbocycles. The second kappa shape index (κ2) is 6.71. The Bertz CT molecular complexity index is 584. The summed E-state index contributed by atoms with van der Waals surface area (Å²) in [7, 11) is 0. The van der Waals surface area contributed by atoms with Gasteiger partial charge in [-0.15, -0.1) is 0 Å². The van der Waals surface area contributed by atoms with Crippen LogP contribution in [0.3, 0.4) is 0 Å². The van der Waals surface area contributed by atoms with E-state index in [1.54, 1.807) is 24.3 Å². The number of imide groups is 1. The average Bonchev–Trinajstić information content (AvgIpc) is 2.84. The zero-order valence-electron chi connectivity index (χ0n) is 13.8. The number of hydrogen-bond acceptors (Lipinski definition) is 4. The molecule has 1 aromatic rings. The lowest BCUT2D eigenvalue weighted by Crippen LogP contribution is -2.48. The summed E-state index contributed by atoms with van der Waals surface area (Å²) >= 11 is 0. The summed E-state index contributed by atoms with van der Waals surface area (Å²) in [4.78, 5) is 28.7. The molecule has 0 radical (unpaired) electrons. The van der Waals surface area contributed by atoms with E-state index < -0.39 is 0 Å². The second-order valence-electron chi connectivity index (χ2n) is 6.30. The molecule has 124 valence electrons. The molecular formula is C18H24N2O3. The van der Waals surface area contributed by atoms with E-state index in [2.05, 4.69) is 11.8 Å². The predicted octanol–water partition coefficient (Wildman–Crippen LogP) is 2.59. The van der Waals surface area contributed by atoms with Crippen LogP contribution in [0, 0.1) is 0 Å². The molecule has 2 aliphatic heterocycles. The Labute approximate surface area is 137 Å². The van der Waals surface area contributed by atoms with Gasteiger partial charge in [0.15, 0.2) is 0 Å². The van der Waals surface area contributed by atoms with E-state index in [4.69, 9.17) is 4.74 Å². The number of amides is 2. The van der Waals surface area contributed by atoms with Gasteiger partial charge < -0.3 is 4.74 Å². The van der Waals surface area contributed by atoms with Crippen LogP contribution in [-0.2, 0) is 9.59 Å². The number of ether oxygens (including phenoxy) is 1. The van der Waals surface area contributed by atoms with Crippen LogP contribution in [0.4, 0.5) is 5.69 Å². The van der Waals surface area contributed by atoms with E-state index in [-0.39, 0.29) is 24.3 Å². The van der Waals surface area contributed by atoms with Crippen molar-refractivity contribution in [3.05, 3.63) is 24.3 Å². The highest BCUT2D eigenvalue weighted by Gasteiger charge is 2.44. The van der Waals surface area contributed by atoms with Crippen molar-refractivity contribution in [2.24, 2.45) is 0 Å². The predicted molar refractivity (Wildman–Crippen MR) is 88.5 cm³/mol. The maximum Gasteiger partial charge on any atom is 0.251 e. The van der Waals surface area contributed by atoms with Gasteiger partial charge in [-0.2, -0.15) is 0 Å². The van der Waals surface area contributed by atoms with Gasteiger partial charge in [0.2, 0.25) is 5.91 Å². The second-order valence-corrected chi connectivity index (χ2v) is 6.30. The molecule has 2 aliphatic rings. The van der Waals surface area contributed by atoms with Gasteiger partial charge in [0.25, 0.3) is 5.91 Å². The first-order valence-electron chi connectivity index (χ1n) is 8.47. The minimum atomic E-state index is -0.302. The number of carbonyl (C=O) groups is 2. The molecule has 2 saturated heterocycles. The van der Waals surface area contributed by atoms with Crippen molar-refractivity contribution >= 4 is 17.5 Å². The van der Waals surface area contributed by atoms with Crippen LogP contribution in [-0.4, -0.2) is 41.9 Å². The minimum Gasteiger partial charge on any atom is -0.494 e. The third kappa shape index (κ3) is 3.11. The number of likely N-dealkylation sites (tertiary alicyclic amines) is 1. The number of rotatable bonds is 4. The Kier molecular flexibility index (Phi) is 4.66. The number of piperidine rings is 1. The molecule has 0 unspecified atom stereocenters. The van der Waals surface area contributed by atoms with Gasteiger partial charge in [-0.05, 0) is 57.5 Å². The summed E-state index contributed by atoms with van der Waals surface area (Å²) in [5, 5.41) is 0. The molecule has 0 bridgehead atoms. The lowest BCUT2D eigenvalue weighted by molar-refractivity contribution is -0.123. The normalized spacial score (nSPS) is 25.9. The molecule has 3 rings (SSSR count). The van der Waals surface area contributed by atoms with E-state index in [0.29, 0.717) is 18.3 Å². The van der Waals surface area contributed by atoms with Crippen LogP contribution in [0.15, 0.2) is 24.3 Å². The first kappa shape index (κ1) is 16.0. The molecule has 0 aromatic heterocycles. The van der Waals surface area contributed by atoms with Crippen molar-refractivity contribution in [1.29, 1.82) is 0 Å². The molecule has 0 N–H and O–H groups in total. The van der Waals surface area contributed by atoms with E-state index in [0.717, 1.165) is 25.1 Å². The van der Waals surface area contributed by atoms with Crippen LogP contribution in [0.2, 0.25) is 0 Å². The summed E-state index contributed by atoms with van der Waals surface area (Å²) in [6, 6.07) is 7.23. The van der Waals surface area contributed by atoms with E-state index >= 15 is 0 Å². The van der Waals surface area contributed by atoms with Crippen molar-refractivity contribution in [1.82, 2.24) is 4.90 Å². The van der Waals surface area contributed by atoms with Crippen molar-refractivity contribution in [2.45, 2.75) is 51.6 Å². The van der Waals surface area contributed by atoms with E-state index in [1.165, 1.54) is 11.3 Å². The highest BCUT2D eigenvalue weighted by atomic mass is 16.5. The van der Waals surface area contributed by atoms with Crippen molar-refractivity contribution in [3.8, 4) is 5.75 Å². The van der Waals surface area contributed by atoms with Crippen molar-refractivity contribution < 1.29 is 14.3 Å². The fourth-order valence-electron chi connectivity index (χ4n) is 3.59. The van der Waals surface area contributed by atoms with Gasteiger partial charge >= 0.3 is 0 Å². The molecule has 2 fully saturated rings. The van der Waals surface area contributed by atoms with E-state index in [9.17, 15) is 9.59 Å². The monoisotopic (exact) mass is 316 g/mol. The number of nitrogens with zero attached hydrogens (tertiary/aromatic N) is 2. The molecule has 2 amide bonds. The summed E-state index contributed by atoms with van der Waals surface area (Å²) in [5.41, 5.74) is 0.635. The average molecular weight is 316 g/mol. The highest BCUT2D eigenvalue weighted by Crippen LogP contribution is 2.30. The lowest BCUT2D eigenvalue weighted by atomic mass is 10.0. The largest absolute Gasteiger partial charge is 0.494 e. The molecule has 23 heavy (non-hydrogen) atoms. The first-order chi connectivity index (χ1) is 11.1. The Morgan fingerprint density at radius 2 is 1.91 bits per heavy atom. The van der Waals surface area contributed by atoms with Gasteiger partial charge in [-0.25, -0.2) is 4.90 Å². The Morgan fingerprint density at radius 3 is 2.57 bits per heavy atom. The maximum absolute atomic E-state index is 12.8. The summed E-state index contributed by atoms with van der Waals surface area (Å²) in [6.45, 7) is 5.57. The Hall–Kier alpha value is -1.88. The van der Waals surface area contributed by atoms with Gasteiger partial charge in [0.1, 0.15) is 5.75 Å². The number of anilines is 1. The minimum absolute atomic E-state index is 0.0899. The standard InChI is InChI=1S/C18H24N2O3/c1-3-23-15-9-7-14(8-10-15)20-17(21)12-16(18(20)22)19-11-5-4-6-13(19)2/h7-10,13,16H,3-6,11-12H2,1-2H3/t13-,16-/m1/s1. The Morgan fingerprint density at radius 1 is 1.17 bits per heavy atom. The number of carbonyl (C=O) groups excluding carboxylic acids is 2. The quantitative estimate of drug-likeness (QED) is 0.801.